The Labute approximate surface area is 92.1 Å². The summed E-state index contributed by atoms with van der Waals surface area (Å²) in [7, 11) is 2.18. The average Bonchev–Trinajstić information content (AvgIpc) is 3.04. The Kier molecular flexibility index (Phi) is 3.39. The molecule has 82 valence electrons. The van der Waals surface area contributed by atoms with Gasteiger partial charge in [-0.05, 0) is 31.4 Å². The van der Waals surface area contributed by atoms with E-state index in [4.69, 9.17) is 5.73 Å². The molecule has 1 unspecified atom stereocenters. The van der Waals surface area contributed by atoms with Gasteiger partial charge in [-0.15, -0.1) is 0 Å². The van der Waals surface area contributed by atoms with E-state index in [1.807, 2.05) is 0 Å². The number of nitrogens with zero attached hydrogens (tertiary/aromatic N) is 1. The molecule has 2 nitrogen and oxygen atoms in total. The van der Waals surface area contributed by atoms with Crippen LogP contribution in [0.2, 0.25) is 0 Å². The normalized spacial score (nSPS) is 18.1. The summed E-state index contributed by atoms with van der Waals surface area (Å²) >= 11 is 0. The van der Waals surface area contributed by atoms with E-state index in [9.17, 15) is 0 Å². The van der Waals surface area contributed by atoms with Crippen LogP contribution >= 0.6 is 0 Å². The molecule has 0 spiro atoms. The van der Waals surface area contributed by atoms with Crippen LogP contribution in [-0.2, 0) is 0 Å². The van der Waals surface area contributed by atoms with Crippen molar-refractivity contribution in [3.05, 3.63) is 35.9 Å². The fraction of sp³-hybridized carbons (Fsp3) is 0.538. The Bertz CT molecular complexity index is 293. The third kappa shape index (κ3) is 2.80. The summed E-state index contributed by atoms with van der Waals surface area (Å²) in [4.78, 5) is 2.40. The molecule has 0 radical (unpaired) electrons. The highest BCUT2D eigenvalue weighted by molar-refractivity contribution is 5.19. The molecule has 2 rings (SSSR count). The van der Waals surface area contributed by atoms with Crippen molar-refractivity contribution in [2.45, 2.75) is 18.9 Å². The maximum Gasteiger partial charge on any atom is 0.0467 e. The second-order valence-corrected chi connectivity index (χ2v) is 4.55. The van der Waals surface area contributed by atoms with Gasteiger partial charge in [-0.3, -0.25) is 4.90 Å². The molecular weight excluding hydrogens is 184 g/mol. The minimum Gasteiger partial charge on any atom is -0.329 e. The summed E-state index contributed by atoms with van der Waals surface area (Å²) in [5, 5.41) is 0. The molecule has 0 saturated heterocycles. The molecule has 1 atom stereocenters. The first-order chi connectivity index (χ1) is 7.31. The standard InChI is InChI=1S/C13H20N2/c1-15(10-11-7-8-11)13(9-14)12-5-3-2-4-6-12/h2-6,11,13H,7-10,14H2,1H3. The van der Waals surface area contributed by atoms with E-state index in [1.54, 1.807) is 0 Å². The van der Waals surface area contributed by atoms with Crippen LogP contribution in [0.5, 0.6) is 0 Å². The van der Waals surface area contributed by atoms with Crippen LogP contribution in [0.15, 0.2) is 30.3 Å². The second kappa shape index (κ2) is 4.77. The second-order valence-electron chi connectivity index (χ2n) is 4.55. The predicted molar refractivity (Wildman–Crippen MR) is 63.6 cm³/mol. The van der Waals surface area contributed by atoms with Gasteiger partial charge >= 0.3 is 0 Å². The molecule has 0 bridgehead atoms. The van der Waals surface area contributed by atoms with E-state index in [-0.39, 0.29) is 0 Å². The van der Waals surface area contributed by atoms with Crippen LogP contribution in [-0.4, -0.2) is 25.0 Å². The molecule has 1 aromatic carbocycles. The Morgan fingerprint density at radius 1 is 1.33 bits per heavy atom. The number of benzene rings is 1. The summed E-state index contributed by atoms with van der Waals surface area (Å²) < 4.78 is 0. The van der Waals surface area contributed by atoms with Crippen molar-refractivity contribution < 1.29 is 0 Å². The molecule has 15 heavy (non-hydrogen) atoms. The van der Waals surface area contributed by atoms with Crippen molar-refractivity contribution in [2.75, 3.05) is 20.1 Å². The van der Waals surface area contributed by atoms with Crippen LogP contribution in [0.4, 0.5) is 0 Å². The van der Waals surface area contributed by atoms with E-state index >= 15 is 0 Å². The zero-order valence-corrected chi connectivity index (χ0v) is 9.39. The van der Waals surface area contributed by atoms with Crippen molar-refractivity contribution in [1.82, 2.24) is 4.90 Å². The molecule has 0 heterocycles. The average molecular weight is 204 g/mol. The monoisotopic (exact) mass is 204 g/mol. The first-order valence-corrected chi connectivity index (χ1v) is 5.76. The summed E-state index contributed by atoms with van der Waals surface area (Å²) in [6.07, 6.45) is 2.80. The molecule has 0 aromatic heterocycles. The van der Waals surface area contributed by atoms with Gasteiger partial charge in [0.05, 0.1) is 0 Å². The van der Waals surface area contributed by atoms with Crippen molar-refractivity contribution in [3.8, 4) is 0 Å². The number of rotatable bonds is 5. The minimum atomic E-state index is 0.381. The van der Waals surface area contributed by atoms with Crippen LogP contribution in [0.1, 0.15) is 24.4 Å². The fourth-order valence-electron chi connectivity index (χ4n) is 2.08. The lowest BCUT2D eigenvalue weighted by atomic mass is 10.1. The van der Waals surface area contributed by atoms with Crippen LogP contribution < -0.4 is 5.73 Å². The van der Waals surface area contributed by atoms with Crippen molar-refractivity contribution in [2.24, 2.45) is 11.7 Å². The highest BCUT2D eigenvalue weighted by atomic mass is 15.1. The summed E-state index contributed by atoms with van der Waals surface area (Å²) in [6, 6.07) is 10.9. The highest BCUT2D eigenvalue weighted by Crippen LogP contribution is 2.31. The Balaban J connectivity index is 2.01. The van der Waals surface area contributed by atoms with Gasteiger partial charge in [-0.2, -0.15) is 0 Å². The molecule has 1 saturated carbocycles. The van der Waals surface area contributed by atoms with E-state index in [1.165, 1.54) is 24.9 Å². The Hall–Kier alpha value is -0.860. The molecule has 0 amide bonds. The molecule has 1 aromatic rings. The zero-order chi connectivity index (χ0) is 10.7. The van der Waals surface area contributed by atoms with Gasteiger partial charge in [0.2, 0.25) is 0 Å². The molecular formula is C13H20N2. The molecule has 0 aliphatic heterocycles. The molecule has 2 heteroatoms. The van der Waals surface area contributed by atoms with Gasteiger partial charge < -0.3 is 5.73 Å². The Morgan fingerprint density at radius 2 is 2.00 bits per heavy atom. The third-order valence-corrected chi connectivity index (χ3v) is 3.18. The van der Waals surface area contributed by atoms with Crippen LogP contribution in [0.3, 0.4) is 0 Å². The van der Waals surface area contributed by atoms with E-state index in [0.717, 1.165) is 5.92 Å². The third-order valence-electron chi connectivity index (χ3n) is 3.18. The lowest BCUT2D eigenvalue weighted by molar-refractivity contribution is 0.240. The topological polar surface area (TPSA) is 29.3 Å². The lowest BCUT2D eigenvalue weighted by Gasteiger charge is -2.27. The van der Waals surface area contributed by atoms with Gasteiger partial charge in [-0.25, -0.2) is 0 Å². The molecule has 1 aliphatic carbocycles. The number of nitrogens with two attached hydrogens (primary N) is 1. The molecule has 1 aliphatic rings. The molecule has 2 N–H and O–H groups in total. The maximum absolute atomic E-state index is 5.86. The fourth-order valence-corrected chi connectivity index (χ4v) is 2.08. The van der Waals surface area contributed by atoms with Crippen molar-refractivity contribution in [1.29, 1.82) is 0 Å². The first kappa shape index (κ1) is 10.7. The summed E-state index contributed by atoms with van der Waals surface area (Å²) in [6.45, 7) is 1.89. The summed E-state index contributed by atoms with van der Waals surface area (Å²) in [5.74, 6) is 0.924. The predicted octanol–water partition coefficient (Wildman–Crippen LogP) is 2.03. The van der Waals surface area contributed by atoms with E-state index in [2.05, 4.69) is 42.3 Å². The number of hydrogen-bond donors (Lipinski definition) is 1. The van der Waals surface area contributed by atoms with Gasteiger partial charge in [0.25, 0.3) is 0 Å². The highest BCUT2D eigenvalue weighted by Gasteiger charge is 2.25. The van der Waals surface area contributed by atoms with Crippen LogP contribution in [0.25, 0.3) is 0 Å². The van der Waals surface area contributed by atoms with Gasteiger partial charge in [0, 0.05) is 19.1 Å². The summed E-state index contributed by atoms with van der Waals surface area (Å²) in [5.41, 5.74) is 7.20. The van der Waals surface area contributed by atoms with E-state index < -0.39 is 0 Å². The van der Waals surface area contributed by atoms with E-state index in [0.29, 0.717) is 12.6 Å². The lowest BCUT2D eigenvalue weighted by Crippen LogP contribution is -2.32. The minimum absolute atomic E-state index is 0.381. The van der Waals surface area contributed by atoms with Crippen LogP contribution in [0, 0.1) is 5.92 Å². The SMILES string of the molecule is CN(CC1CC1)C(CN)c1ccccc1. The van der Waals surface area contributed by atoms with Gasteiger partial charge in [-0.1, -0.05) is 30.3 Å². The molecule has 1 fully saturated rings. The number of likely N-dealkylation sites (N-methyl/N-ethyl adjacent to an activating group) is 1. The van der Waals surface area contributed by atoms with Crippen molar-refractivity contribution in [3.63, 3.8) is 0 Å². The quantitative estimate of drug-likeness (QED) is 0.795. The van der Waals surface area contributed by atoms with Gasteiger partial charge in [0.15, 0.2) is 0 Å². The van der Waals surface area contributed by atoms with Crippen molar-refractivity contribution >= 4 is 0 Å². The number of hydrogen-bond acceptors (Lipinski definition) is 2. The smallest absolute Gasteiger partial charge is 0.0467 e. The van der Waals surface area contributed by atoms with Gasteiger partial charge in [0.1, 0.15) is 0 Å². The first-order valence-electron chi connectivity index (χ1n) is 5.76. The zero-order valence-electron chi connectivity index (χ0n) is 9.39. The maximum atomic E-state index is 5.86. The Morgan fingerprint density at radius 3 is 2.53 bits per heavy atom. The largest absolute Gasteiger partial charge is 0.329 e.